The Bertz CT molecular complexity index is 697. The van der Waals surface area contributed by atoms with Gasteiger partial charge in [0.1, 0.15) is 17.4 Å². The molecule has 3 fully saturated rings. The van der Waals surface area contributed by atoms with Crippen LogP contribution >= 0.6 is 0 Å². The van der Waals surface area contributed by atoms with Crippen LogP contribution in [0.15, 0.2) is 6.20 Å². The number of amides is 1. The fourth-order valence-electron chi connectivity index (χ4n) is 5.29. The number of carbonyl (C=O) groups excluding carboxylic acids is 1. The number of aromatic nitrogens is 3. The Kier molecular flexibility index (Phi) is 7.05. The maximum absolute atomic E-state index is 12.6. The molecule has 8 nitrogen and oxygen atoms in total. The quantitative estimate of drug-likeness (QED) is 0.623. The summed E-state index contributed by atoms with van der Waals surface area (Å²) in [5.74, 6) is 0.243. The number of aliphatic hydroxyl groups is 2. The SMILES string of the molecule is O=C(N[C@H]1CC[C@H](CCn2cc(C3(O)CCCC3)nn2)O[C@@H]1CO)C1CCCCC1. The zero-order chi connectivity index (χ0) is 21.0. The third-order valence-electron chi connectivity index (χ3n) is 7.23. The minimum atomic E-state index is -0.814. The molecule has 30 heavy (non-hydrogen) atoms. The molecular weight excluding hydrogens is 384 g/mol. The molecule has 0 bridgehead atoms. The summed E-state index contributed by atoms with van der Waals surface area (Å²) in [7, 11) is 0. The topological polar surface area (TPSA) is 110 Å². The second-order valence-corrected chi connectivity index (χ2v) is 9.40. The third kappa shape index (κ3) is 5.03. The van der Waals surface area contributed by atoms with Crippen LogP contribution < -0.4 is 5.32 Å². The van der Waals surface area contributed by atoms with Gasteiger partial charge >= 0.3 is 0 Å². The summed E-state index contributed by atoms with van der Waals surface area (Å²) in [4.78, 5) is 12.6. The number of nitrogens with one attached hydrogen (secondary N) is 1. The van der Waals surface area contributed by atoms with Crippen molar-refractivity contribution in [2.45, 2.75) is 107 Å². The van der Waals surface area contributed by atoms with E-state index in [2.05, 4.69) is 15.6 Å². The van der Waals surface area contributed by atoms with Gasteiger partial charge in [-0.2, -0.15) is 0 Å². The van der Waals surface area contributed by atoms with Crippen LogP contribution in [0.2, 0.25) is 0 Å². The predicted octanol–water partition coefficient (Wildman–Crippen LogP) is 2.03. The first kappa shape index (κ1) is 21.7. The van der Waals surface area contributed by atoms with Crippen molar-refractivity contribution in [3.63, 3.8) is 0 Å². The number of aliphatic hydroxyl groups excluding tert-OH is 1. The summed E-state index contributed by atoms with van der Waals surface area (Å²) >= 11 is 0. The highest BCUT2D eigenvalue weighted by molar-refractivity contribution is 5.79. The molecule has 0 unspecified atom stereocenters. The molecule has 0 spiro atoms. The lowest BCUT2D eigenvalue weighted by molar-refractivity contribution is -0.133. The minimum absolute atomic E-state index is 0.0206. The largest absolute Gasteiger partial charge is 0.394 e. The van der Waals surface area contributed by atoms with Crippen molar-refractivity contribution >= 4 is 5.91 Å². The Balaban J connectivity index is 1.25. The summed E-state index contributed by atoms with van der Waals surface area (Å²) in [5, 5.41) is 32.0. The van der Waals surface area contributed by atoms with Gasteiger partial charge in [0.2, 0.25) is 5.91 Å². The smallest absolute Gasteiger partial charge is 0.223 e. The van der Waals surface area contributed by atoms with Gasteiger partial charge in [-0.3, -0.25) is 9.48 Å². The maximum atomic E-state index is 12.6. The molecule has 1 aromatic rings. The van der Waals surface area contributed by atoms with E-state index < -0.39 is 5.60 Å². The van der Waals surface area contributed by atoms with Gasteiger partial charge in [-0.1, -0.05) is 37.3 Å². The summed E-state index contributed by atoms with van der Waals surface area (Å²) in [6, 6.07) is -0.115. The molecule has 3 N–H and O–H groups in total. The molecule has 168 valence electrons. The Labute approximate surface area is 178 Å². The lowest BCUT2D eigenvalue weighted by Crippen LogP contribution is -2.52. The van der Waals surface area contributed by atoms with Crippen LogP contribution in [0.25, 0.3) is 0 Å². The fourth-order valence-corrected chi connectivity index (χ4v) is 5.29. The average molecular weight is 421 g/mol. The Hall–Kier alpha value is -1.51. The summed E-state index contributed by atoms with van der Waals surface area (Å²) in [6.07, 6.45) is 12.9. The van der Waals surface area contributed by atoms with Crippen molar-refractivity contribution in [1.82, 2.24) is 20.3 Å². The average Bonchev–Trinajstić information content (AvgIpc) is 3.44. The predicted molar refractivity (Wildman–Crippen MR) is 110 cm³/mol. The van der Waals surface area contributed by atoms with Gasteiger partial charge in [0, 0.05) is 12.5 Å². The summed E-state index contributed by atoms with van der Waals surface area (Å²) < 4.78 is 7.89. The van der Waals surface area contributed by atoms with Crippen LogP contribution in [0.4, 0.5) is 0 Å². The van der Waals surface area contributed by atoms with Gasteiger partial charge in [0.05, 0.1) is 24.9 Å². The number of ether oxygens (including phenoxy) is 1. The lowest BCUT2D eigenvalue weighted by Gasteiger charge is -2.37. The highest BCUT2D eigenvalue weighted by atomic mass is 16.5. The summed E-state index contributed by atoms with van der Waals surface area (Å²) in [5.41, 5.74) is -0.144. The number of carbonyl (C=O) groups is 1. The molecule has 1 saturated heterocycles. The molecule has 3 atom stereocenters. The van der Waals surface area contributed by atoms with Gasteiger partial charge < -0.3 is 20.3 Å². The molecule has 0 radical (unpaired) electrons. The molecule has 8 heteroatoms. The Morgan fingerprint density at radius 1 is 1.17 bits per heavy atom. The number of aryl methyl sites for hydroxylation is 1. The van der Waals surface area contributed by atoms with Gasteiger partial charge in [-0.05, 0) is 44.9 Å². The van der Waals surface area contributed by atoms with Crippen molar-refractivity contribution in [2.24, 2.45) is 5.92 Å². The molecule has 1 aromatic heterocycles. The number of hydrogen-bond acceptors (Lipinski definition) is 6. The standard InChI is InChI=1S/C22H36N4O4/c27-15-19-18(23-21(28)16-6-2-1-3-7-16)9-8-17(30-19)10-13-26-14-20(24-25-26)22(29)11-4-5-12-22/h14,16-19,27,29H,1-13,15H2,(H,23,28)/t17-,18+,19-/m1/s1. The van der Waals surface area contributed by atoms with Crippen LogP contribution in [0, 0.1) is 5.92 Å². The molecule has 3 aliphatic rings. The molecule has 1 aliphatic heterocycles. The molecule has 2 aliphatic carbocycles. The van der Waals surface area contributed by atoms with Gasteiger partial charge in [0.25, 0.3) is 0 Å². The van der Waals surface area contributed by atoms with Crippen molar-refractivity contribution in [1.29, 1.82) is 0 Å². The lowest BCUT2D eigenvalue weighted by atomic mass is 9.88. The number of hydrogen-bond donors (Lipinski definition) is 3. The zero-order valence-electron chi connectivity index (χ0n) is 17.8. The molecule has 2 saturated carbocycles. The van der Waals surface area contributed by atoms with Crippen LogP contribution in [0.5, 0.6) is 0 Å². The van der Waals surface area contributed by atoms with Crippen molar-refractivity contribution in [2.75, 3.05) is 6.61 Å². The van der Waals surface area contributed by atoms with E-state index in [4.69, 9.17) is 4.74 Å². The van der Waals surface area contributed by atoms with E-state index in [1.807, 2.05) is 6.20 Å². The second-order valence-electron chi connectivity index (χ2n) is 9.40. The van der Waals surface area contributed by atoms with E-state index in [0.29, 0.717) is 12.2 Å². The van der Waals surface area contributed by atoms with E-state index in [0.717, 1.165) is 70.6 Å². The zero-order valence-corrected chi connectivity index (χ0v) is 17.8. The second kappa shape index (κ2) is 9.75. The van der Waals surface area contributed by atoms with Gasteiger partial charge in [-0.25, -0.2) is 0 Å². The minimum Gasteiger partial charge on any atom is -0.394 e. The molecule has 2 heterocycles. The van der Waals surface area contributed by atoms with Crippen LogP contribution in [-0.4, -0.2) is 56.0 Å². The Morgan fingerprint density at radius 3 is 2.67 bits per heavy atom. The van der Waals surface area contributed by atoms with Crippen LogP contribution in [-0.2, 0) is 21.7 Å². The van der Waals surface area contributed by atoms with Crippen LogP contribution in [0.1, 0.15) is 82.7 Å². The van der Waals surface area contributed by atoms with Crippen LogP contribution in [0.3, 0.4) is 0 Å². The Morgan fingerprint density at radius 2 is 1.93 bits per heavy atom. The molecule has 4 rings (SSSR count). The first-order chi connectivity index (χ1) is 14.6. The maximum Gasteiger partial charge on any atom is 0.223 e. The monoisotopic (exact) mass is 420 g/mol. The molecule has 0 aromatic carbocycles. The first-order valence-corrected chi connectivity index (χ1v) is 11.8. The van der Waals surface area contributed by atoms with E-state index in [-0.39, 0.29) is 36.7 Å². The van der Waals surface area contributed by atoms with E-state index in [1.165, 1.54) is 6.42 Å². The van der Waals surface area contributed by atoms with E-state index in [1.54, 1.807) is 4.68 Å². The number of rotatable bonds is 7. The molecule has 1 amide bonds. The summed E-state index contributed by atoms with van der Waals surface area (Å²) in [6.45, 7) is 0.567. The number of nitrogens with zero attached hydrogens (tertiary/aromatic N) is 3. The van der Waals surface area contributed by atoms with Gasteiger partial charge in [-0.15, -0.1) is 5.10 Å². The van der Waals surface area contributed by atoms with Crippen molar-refractivity contribution < 1.29 is 19.7 Å². The van der Waals surface area contributed by atoms with Crippen molar-refractivity contribution in [3.8, 4) is 0 Å². The fraction of sp³-hybridized carbons (Fsp3) is 0.864. The van der Waals surface area contributed by atoms with Gasteiger partial charge in [0.15, 0.2) is 0 Å². The normalized spacial score (nSPS) is 29.7. The van der Waals surface area contributed by atoms with E-state index in [9.17, 15) is 15.0 Å². The van der Waals surface area contributed by atoms with Crippen molar-refractivity contribution in [3.05, 3.63) is 11.9 Å². The third-order valence-corrected chi connectivity index (χ3v) is 7.23. The van der Waals surface area contributed by atoms with E-state index >= 15 is 0 Å². The highest BCUT2D eigenvalue weighted by Crippen LogP contribution is 2.37. The highest BCUT2D eigenvalue weighted by Gasteiger charge is 2.36. The first-order valence-electron chi connectivity index (χ1n) is 11.8. The molecular formula is C22H36N4O4.